The van der Waals surface area contributed by atoms with Crippen LogP contribution >= 0.6 is 11.6 Å². The molecule has 0 radical (unpaired) electrons. The van der Waals surface area contributed by atoms with Gasteiger partial charge in [0.2, 0.25) is 5.91 Å². The number of nitrogens with zero attached hydrogens (tertiary/aromatic N) is 3. The molecule has 3 rings (SSSR count). The molecule has 0 spiro atoms. The van der Waals surface area contributed by atoms with Gasteiger partial charge in [-0.15, -0.1) is 0 Å². The van der Waals surface area contributed by atoms with Crippen molar-refractivity contribution in [2.45, 2.75) is 31.5 Å². The van der Waals surface area contributed by atoms with Crippen LogP contribution in [0.2, 0.25) is 5.02 Å². The number of alkyl halides is 3. The van der Waals surface area contributed by atoms with Crippen LogP contribution in [0, 0.1) is 5.92 Å². The zero-order valence-corrected chi connectivity index (χ0v) is 14.4. The average Bonchev–Trinajstić information content (AvgIpc) is 3.23. The summed E-state index contributed by atoms with van der Waals surface area (Å²) in [7, 11) is 0. The first-order valence-corrected chi connectivity index (χ1v) is 8.57. The van der Waals surface area contributed by atoms with E-state index in [0.717, 1.165) is 6.07 Å². The van der Waals surface area contributed by atoms with E-state index in [1.54, 1.807) is 4.90 Å². The van der Waals surface area contributed by atoms with E-state index in [1.165, 1.54) is 4.90 Å². The van der Waals surface area contributed by atoms with Gasteiger partial charge in [0.25, 0.3) is 0 Å². The highest BCUT2D eigenvalue weighted by Gasteiger charge is 2.40. The maximum atomic E-state index is 12.8. The van der Waals surface area contributed by atoms with Crippen LogP contribution in [0.3, 0.4) is 0 Å². The summed E-state index contributed by atoms with van der Waals surface area (Å²) in [4.78, 5) is 30.8. The number of hydrogen-bond acceptors (Lipinski definition) is 4. The second-order valence-corrected chi connectivity index (χ2v) is 6.89. The van der Waals surface area contributed by atoms with Crippen LogP contribution < -0.4 is 4.90 Å². The van der Waals surface area contributed by atoms with Crippen LogP contribution in [-0.2, 0) is 15.8 Å². The molecule has 26 heavy (non-hydrogen) atoms. The van der Waals surface area contributed by atoms with Gasteiger partial charge < -0.3 is 14.9 Å². The molecule has 2 fully saturated rings. The number of aliphatic carboxylic acids is 1. The minimum Gasteiger partial charge on any atom is -0.481 e. The maximum Gasteiger partial charge on any atom is 0.417 e. The molecule has 2 aliphatic rings. The molecule has 0 saturated carbocycles. The second-order valence-electron chi connectivity index (χ2n) is 6.49. The Labute approximate surface area is 152 Å². The summed E-state index contributed by atoms with van der Waals surface area (Å²) >= 11 is 6.00. The predicted molar refractivity (Wildman–Crippen MR) is 86.9 cm³/mol. The largest absolute Gasteiger partial charge is 0.481 e. The molecule has 1 aromatic heterocycles. The highest BCUT2D eigenvalue weighted by molar-refractivity contribution is 6.33. The minimum atomic E-state index is -4.54. The Morgan fingerprint density at radius 2 is 2.00 bits per heavy atom. The Morgan fingerprint density at radius 1 is 1.27 bits per heavy atom. The summed E-state index contributed by atoms with van der Waals surface area (Å²) in [5.41, 5.74) is -0.947. The Balaban J connectivity index is 1.78. The standard InChI is InChI=1S/C16H17ClF3N3O3/c17-11-6-10(16(18,19)20)7-21-13(11)23-4-1-2-12(23)14(24)22-5-3-9(8-22)15(25)26/h6-7,9,12H,1-5,8H2,(H,25,26). The number of carboxylic acids is 1. The number of carboxylic acid groups (broad SMARTS) is 1. The quantitative estimate of drug-likeness (QED) is 0.857. The van der Waals surface area contributed by atoms with E-state index >= 15 is 0 Å². The number of hydrogen-bond donors (Lipinski definition) is 1. The van der Waals surface area contributed by atoms with Crippen LogP contribution in [0.4, 0.5) is 19.0 Å². The molecule has 0 aliphatic carbocycles. The van der Waals surface area contributed by atoms with Gasteiger partial charge in [0.05, 0.1) is 16.5 Å². The molecule has 142 valence electrons. The van der Waals surface area contributed by atoms with Gasteiger partial charge in [-0.1, -0.05) is 11.6 Å². The van der Waals surface area contributed by atoms with E-state index in [2.05, 4.69) is 4.98 Å². The summed E-state index contributed by atoms with van der Waals surface area (Å²) in [5.74, 6) is -1.61. The molecule has 2 saturated heterocycles. The zero-order chi connectivity index (χ0) is 19.1. The van der Waals surface area contributed by atoms with Gasteiger partial charge in [-0.25, -0.2) is 4.98 Å². The summed E-state index contributed by atoms with van der Waals surface area (Å²) in [6.07, 6.45) is -2.25. The maximum absolute atomic E-state index is 12.8. The van der Waals surface area contributed by atoms with Crippen molar-refractivity contribution in [3.63, 3.8) is 0 Å². The molecule has 0 aromatic carbocycles. The number of anilines is 1. The lowest BCUT2D eigenvalue weighted by atomic mass is 10.1. The van der Waals surface area contributed by atoms with Gasteiger partial charge in [-0.2, -0.15) is 13.2 Å². The van der Waals surface area contributed by atoms with Crippen LogP contribution in [0.15, 0.2) is 12.3 Å². The summed E-state index contributed by atoms with van der Waals surface area (Å²) in [5, 5.41) is 8.91. The smallest absolute Gasteiger partial charge is 0.417 e. The monoisotopic (exact) mass is 391 g/mol. The lowest BCUT2D eigenvalue weighted by molar-refractivity contribution is -0.141. The normalized spacial score (nSPS) is 23.5. The lowest BCUT2D eigenvalue weighted by Crippen LogP contribution is -2.45. The highest BCUT2D eigenvalue weighted by Crippen LogP contribution is 2.36. The van der Waals surface area contributed by atoms with Gasteiger partial charge in [-0.05, 0) is 25.3 Å². The van der Waals surface area contributed by atoms with Crippen molar-refractivity contribution in [1.82, 2.24) is 9.88 Å². The number of carbonyl (C=O) groups is 2. The third-order valence-electron chi connectivity index (χ3n) is 4.81. The van der Waals surface area contributed by atoms with Gasteiger partial charge in [0.15, 0.2) is 0 Å². The molecule has 3 heterocycles. The van der Waals surface area contributed by atoms with E-state index in [4.69, 9.17) is 16.7 Å². The Bertz CT molecular complexity index is 728. The second kappa shape index (κ2) is 6.94. The van der Waals surface area contributed by atoms with Gasteiger partial charge in [0.1, 0.15) is 11.9 Å². The van der Waals surface area contributed by atoms with Gasteiger partial charge in [0, 0.05) is 25.8 Å². The van der Waals surface area contributed by atoms with Crippen molar-refractivity contribution >= 4 is 29.3 Å². The molecule has 2 unspecified atom stereocenters. The van der Waals surface area contributed by atoms with Crippen LogP contribution in [0.5, 0.6) is 0 Å². The topological polar surface area (TPSA) is 73.7 Å². The molecule has 2 aliphatic heterocycles. The van der Waals surface area contributed by atoms with Crippen molar-refractivity contribution in [2.24, 2.45) is 5.92 Å². The van der Waals surface area contributed by atoms with Crippen molar-refractivity contribution in [3.8, 4) is 0 Å². The van der Waals surface area contributed by atoms with Crippen molar-refractivity contribution in [1.29, 1.82) is 0 Å². The molecule has 1 N–H and O–H groups in total. The van der Waals surface area contributed by atoms with E-state index < -0.39 is 29.7 Å². The molecule has 1 aromatic rings. The molecule has 6 nitrogen and oxygen atoms in total. The van der Waals surface area contributed by atoms with Crippen LogP contribution in [0.1, 0.15) is 24.8 Å². The summed E-state index contributed by atoms with van der Waals surface area (Å²) < 4.78 is 38.3. The van der Waals surface area contributed by atoms with Crippen molar-refractivity contribution < 1.29 is 27.9 Å². The average molecular weight is 392 g/mol. The Morgan fingerprint density at radius 3 is 2.58 bits per heavy atom. The Hall–Kier alpha value is -2.03. The highest BCUT2D eigenvalue weighted by atomic mass is 35.5. The number of amides is 1. The first kappa shape index (κ1) is 18.8. The van der Waals surface area contributed by atoms with Crippen LogP contribution in [0.25, 0.3) is 0 Å². The number of rotatable bonds is 3. The predicted octanol–water partition coefficient (Wildman–Crippen LogP) is 2.66. The Kier molecular flexibility index (Phi) is 5.01. The van der Waals surface area contributed by atoms with Crippen molar-refractivity contribution in [3.05, 3.63) is 22.8 Å². The number of carbonyl (C=O) groups excluding carboxylic acids is 1. The summed E-state index contributed by atoms with van der Waals surface area (Å²) in [6.45, 7) is 0.950. The number of aromatic nitrogens is 1. The number of halogens is 4. The molecule has 10 heteroatoms. The molecule has 0 bridgehead atoms. The minimum absolute atomic E-state index is 0.143. The van der Waals surface area contributed by atoms with E-state index in [9.17, 15) is 22.8 Å². The van der Waals surface area contributed by atoms with E-state index in [0.29, 0.717) is 38.5 Å². The number of pyridine rings is 1. The van der Waals surface area contributed by atoms with Gasteiger partial charge >= 0.3 is 12.1 Å². The van der Waals surface area contributed by atoms with E-state index in [-0.39, 0.29) is 23.3 Å². The molecular formula is C16H17ClF3N3O3. The van der Waals surface area contributed by atoms with Crippen molar-refractivity contribution in [2.75, 3.05) is 24.5 Å². The summed E-state index contributed by atoms with van der Waals surface area (Å²) in [6, 6.07) is 0.212. The molecular weight excluding hydrogens is 375 g/mol. The fourth-order valence-corrected chi connectivity index (χ4v) is 3.72. The fraction of sp³-hybridized carbons (Fsp3) is 0.562. The SMILES string of the molecule is O=C(O)C1CCN(C(=O)C2CCCN2c2ncc(C(F)(F)F)cc2Cl)C1. The zero-order valence-electron chi connectivity index (χ0n) is 13.7. The third kappa shape index (κ3) is 3.58. The van der Waals surface area contributed by atoms with E-state index in [1.807, 2.05) is 0 Å². The number of likely N-dealkylation sites (tertiary alicyclic amines) is 1. The third-order valence-corrected chi connectivity index (χ3v) is 5.09. The molecule has 1 amide bonds. The first-order valence-electron chi connectivity index (χ1n) is 8.19. The van der Waals surface area contributed by atoms with Crippen LogP contribution in [-0.4, -0.2) is 52.5 Å². The fourth-order valence-electron chi connectivity index (χ4n) is 3.45. The lowest BCUT2D eigenvalue weighted by Gasteiger charge is -2.29. The van der Waals surface area contributed by atoms with Gasteiger partial charge in [-0.3, -0.25) is 9.59 Å². The molecule has 2 atom stereocenters. The first-order chi connectivity index (χ1) is 12.2.